The Morgan fingerprint density at radius 1 is 1.08 bits per heavy atom. The summed E-state index contributed by atoms with van der Waals surface area (Å²) >= 11 is 6.10. The van der Waals surface area contributed by atoms with Crippen LogP contribution in [0.3, 0.4) is 0 Å². The zero-order valence-electron chi connectivity index (χ0n) is 13.4. The number of hydrogen-bond donors (Lipinski definition) is 2. The van der Waals surface area contributed by atoms with Crippen molar-refractivity contribution in [2.45, 2.75) is 6.92 Å². The minimum absolute atomic E-state index is 0.234. The minimum atomic E-state index is -0.415. The highest BCUT2D eigenvalue weighted by Gasteiger charge is 2.09. The topological polar surface area (TPSA) is 54.0 Å². The van der Waals surface area contributed by atoms with Crippen LogP contribution in [0.25, 0.3) is 0 Å². The number of halogens is 2. The summed E-state index contributed by atoms with van der Waals surface area (Å²) in [6.07, 6.45) is 1.56. The molecule has 6 heteroatoms. The molecule has 0 saturated carbocycles. The fourth-order valence-electron chi connectivity index (χ4n) is 2.26. The summed E-state index contributed by atoms with van der Waals surface area (Å²) in [5, 5.41) is 6.48. The van der Waals surface area contributed by atoms with Gasteiger partial charge in [-0.25, -0.2) is 9.37 Å². The number of pyridine rings is 1. The molecule has 1 amide bonds. The molecular weight excluding hydrogens is 341 g/mol. The molecule has 4 nitrogen and oxygen atoms in total. The van der Waals surface area contributed by atoms with Gasteiger partial charge in [-0.2, -0.15) is 0 Å². The number of anilines is 3. The van der Waals surface area contributed by atoms with Gasteiger partial charge in [0.2, 0.25) is 0 Å². The summed E-state index contributed by atoms with van der Waals surface area (Å²) < 4.78 is 13.2. The van der Waals surface area contributed by atoms with Crippen molar-refractivity contribution in [3.63, 3.8) is 0 Å². The second-order valence-electron chi connectivity index (χ2n) is 5.43. The van der Waals surface area contributed by atoms with Crippen molar-refractivity contribution in [3.8, 4) is 0 Å². The van der Waals surface area contributed by atoms with Crippen LogP contribution < -0.4 is 10.6 Å². The Balaban J connectivity index is 1.71. The van der Waals surface area contributed by atoms with Gasteiger partial charge in [0.15, 0.2) is 0 Å². The van der Waals surface area contributed by atoms with Crippen LogP contribution in [0.15, 0.2) is 60.8 Å². The lowest BCUT2D eigenvalue weighted by Crippen LogP contribution is -2.13. The van der Waals surface area contributed by atoms with E-state index in [0.717, 1.165) is 16.9 Å². The van der Waals surface area contributed by atoms with Crippen molar-refractivity contribution >= 4 is 34.6 Å². The Hall–Kier alpha value is -2.92. The van der Waals surface area contributed by atoms with Gasteiger partial charge in [-0.15, -0.1) is 0 Å². The van der Waals surface area contributed by atoms with E-state index in [1.54, 1.807) is 24.4 Å². The van der Waals surface area contributed by atoms with E-state index >= 15 is 0 Å². The van der Waals surface area contributed by atoms with E-state index in [4.69, 9.17) is 11.6 Å². The van der Waals surface area contributed by atoms with Gasteiger partial charge in [0.25, 0.3) is 5.91 Å². The number of benzene rings is 2. The van der Waals surface area contributed by atoms with Crippen LogP contribution in [0, 0.1) is 12.7 Å². The molecule has 1 aromatic heterocycles. The number of aromatic nitrogens is 1. The molecule has 0 unspecified atom stereocenters. The van der Waals surface area contributed by atoms with E-state index in [-0.39, 0.29) is 5.69 Å². The zero-order valence-corrected chi connectivity index (χ0v) is 14.1. The smallest absolute Gasteiger partial charge is 0.274 e. The Labute approximate surface area is 149 Å². The van der Waals surface area contributed by atoms with Gasteiger partial charge in [-0.05, 0) is 55.0 Å². The van der Waals surface area contributed by atoms with Crippen molar-refractivity contribution in [3.05, 3.63) is 82.9 Å². The molecule has 3 rings (SSSR count). The van der Waals surface area contributed by atoms with E-state index in [0.29, 0.717) is 10.7 Å². The van der Waals surface area contributed by atoms with Gasteiger partial charge in [0, 0.05) is 16.4 Å². The predicted octanol–water partition coefficient (Wildman–Crippen LogP) is 5.18. The van der Waals surface area contributed by atoms with Crippen LogP contribution in [0.1, 0.15) is 16.1 Å². The molecule has 2 aromatic carbocycles. The Kier molecular flexibility index (Phi) is 4.95. The van der Waals surface area contributed by atoms with Crippen LogP contribution >= 0.6 is 11.6 Å². The second-order valence-corrected chi connectivity index (χ2v) is 5.84. The van der Waals surface area contributed by atoms with Crippen molar-refractivity contribution in [1.82, 2.24) is 4.98 Å². The molecule has 0 atom stereocenters. The van der Waals surface area contributed by atoms with Gasteiger partial charge in [-0.1, -0.05) is 23.7 Å². The average molecular weight is 356 g/mol. The standard InChI is InChI=1S/C19H15ClFN3O/c1-12-16(20)6-3-7-17(12)23-15-8-9-18(22-11-15)19(25)24-14-5-2-4-13(21)10-14/h2-11,23H,1H3,(H,24,25). The number of rotatable bonds is 4. The van der Waals surface area contributed by atoms with E-state index in [2.05, 4.69) is 15.6 Å². The molecule has 0 bridgehead atoms. The van der Waals surface area contributed by atoms with Gasteiger partial charge < -0.3 is 10.6 Å². The summed E-state index contributed by atoms with van der Waals surface area (Å²) in [5.41, 5.74) is 3.14. The number of carbonyl (C=O) groups is 1. The molecule has 0 aliphatic rings. The lowest BCUT2D eigenvalue weighted by molar-refractivity contribution is 0.102. The monoisotopic (exact) mass is 355 g/mol. The third-order valence-corrected chi connectivity index (χ3v) is 4.03. The van der Waals surface area contributed by atoms with Crippen LogP contribution in [0.2, 0.25) is 5.02 Å². The third kappa shape index (κ3) is 4.14. The molecule has 0 fully saturated rings. The molecule has 3 aromatic rings. The lowest BCUT2D eigenvalue weighted by Gasteiger charge is -2.11. The minimum Gasteiger partial charge on any atom is -0.354 e. The Bertz CT molecular complexity index is 913. The van der Waals surface area contributed by atoms with Crippen molar-refractivity contribution in [2.24, 2.45) is 0 Å². The highest BCUT2D eigenvalue weighted by molar-refractivity contribution is 6.31. The molecule has 126 valence electrons. The molecular formula is C19H15ClFN3O. The van der Waals surface area contributed by atoms with Crippen molar-refractivity contribution in [1.29, 1.82) is 0 Å². The number of carbonyl (C=O) groups excluding carboxylic acids is 1. The molecule has 0 radical (unpaired) electrons. The highest BCUT2D eigenvalue weighted by atomic mass is 35.5. The summed E-state index contributed by atoms with van der Waals surface area (Å²) in [7, 11) is 0. The van der Waals surface area contributed by atoms with E-state index in [1.807, 2.05) is 25.1 Å². The van der Waals surface area contributed by atoms with E-state index < -0.39 is 11.7 Å². The van der Waals surface area contributed by atoms with E-state index in [1.165, 1.54) is 18.2 Å². The van der Waals surface area contributed by atoms with Gasteiger partial charge >= 0.3 is 0 Å². The predicted molar refractivity (Wildman–Crippen MR) is 98.1 cm³/mol. The first kappa shape index (κ1) is 16.9. The first-order chi connectivity index (χ1) is 12.0. The second kappa shape index (κ2) is 7.32. The first-order valence-corrected chi connectivity index (χ1v) is 7.96. The van der Waals surface area contributed by atoms with Crippen molar-refractivity contribution in [2.75, 3.05) is 10.6 Å². The molecule has 0 saturated heterocycles. The summed E-state index contributed by atoms with van der Waals surface area (Å²) in [6, 6.07) is 14.6. The molecule has 0 aliphatic carbocycles. The average Bonchev–Trinajstić information content (AvgIpc) is 2.59. The first-order valence-electron chi connectivity index (χ1n) is 7.58. The third-order valence-electron chi connectivity index (χ3n) is 3.63. The number of nitrogens with one attached hydrogen (secondary N) is 2. The summed E-state index contributed by atoms with van der Waals surface area (Å²) in [6.45, 7) is 1.92. The lowest BCUT2D eigenvalue weighted by atomic mass is 10.2. The number of hydrogen-bond acceptors (Lipinski definition) is 3. The maximum Gasteiger partial charge on any atom is 0.274 e. The zero-order chi connectivity index (χ0) is 17.8. The fourth-order valence-corrected chi connectivity index (χ4v) is 2.44. The van der Waals surface area contributed by atoms with E-state index in [9.17, 15) is 9.18 Å². The quantitative estimate of drug-likeness (QED) is 0.678. The molecule has 0 aliphatic heterocycles. The van der Waals surface area contributed by atoms with Crippen LogP contribution in [-0.4, -0.2) is 10.9 Å². The van der Waals surface area contributed by atoms with Crippen LogP contribution in [-0.2, 0) is 0 Å². The normalized spacial score (nSPS) is 10.4. The van der Waals surface area contributed by atoms with Gasteiger partial charge in [0.05, 0.1) is 11.9 Å². The molecule has 25 heavy (non-hydrogen) atoms. The fraction of sp³-hybridized carbons (Fsp3) is 0.0526. The number of nitrogens with zero attached hydrogens (tertiary/aromatic N) is 1. The number of amides is 1. The Morgan fingerprint density at radius 2 is 1.88 bits per heavy atom. The largest absolute Gasteiger partial charge is 0.354 e. The summed E-state index contributed by atoms with van der Waals surface area (Å²) in [4.78, 5) is 16.3. The van der Waals surface area contributed by atoms with Gasteiger partial charge in [0.1, 0.15) is 11.5 Å². The van der Waals surface area contributed by atoms with Crippen molar-refractivity contribution < 1.29 is 9.18 Å². The summed E-state index contributed by atoms with van der Waals surface area (Å²) in [5.74, 6) is -0.821. The highest BCUT2D eigenvalue weighted by Crippen LogP contribution is 2.25. The van der Waals surface area contributed by atoms with Crippen LogP contribution in [0.4, 0.5) is 21.5 Å². The Morgan fingerprint density at radius 3 is 2.60 bits per heavy atom. The van der Waals surface area contributed by atoms with Gasteiger partial charge in [-0.3, -0.25) is 4.79 Å². The maximum absolute atomic E-state index is 13.2. The maximum atomic E-state index is 13.2. The molecule has 2 N–H and O–H groups in total. The molecule has 0 spiro atoms. The SMILES string of the molecule is Cc1c(Cl)cccc1Nc1ccc(C(=O)Nc2cccc(F)c2)nc1. The molecule has 1 heterocycles. The van der Waals surface area contributed by atoms with Crippen LogP contribution in [0.5, 0.6) is 0 Å².